The predicted molar refractivity (Wildman–Crippen MR) is 86.0 cm³/mol. The maximum absolute atomic E-state index is 6.16. The number of rotatable bonds is 5. The van der Waals surface area contributed by atoms with Crippen LogP contribution >= 0.6 is 23.2 Å². The number of aromatic nitrogens is 2. The number of halogens is 2. The molecule has 1 aliphatic heterocycles. The Morgan fingerprint density at radius 1 is 1.32 bits per heavy atom. The monoisotopic (exact) mass is 340 g/mol. The average Bonchev–Trinajstić information content (AvgIpc) is 3.00. The minimum atomic E-state index is -0.186. The van der Waals surface area contributed by atoms with Crippen LogP contribution in [0.3, 0.4) is 0 Å². The van der Waals surface area contributed by atoms with E-state index < -0.39 is 0 Å². The molecule has 22 heavy (non-hydrogen) atoms. The fourth-order valence-corrected chi connectivity index (χ4v) is 3.03. The van der Waals surface area contributed by atoms with Crippen molar-refractivity contribution in [3.8, 4) is 0 Å². The Morgan fingerprint density at radius 3 is 3.00 bits per heavy atom. The molecule has 4 nitrogen and oxygen atoms in total. The lowest BCUT2D eigenvalue weighted by atomic mass is 10.1. The van der Waals surface area contributed by atoms with Crippen LogP contribution in [0.15, 0.2) is 36.9 Å². The fourth-order valence-electron chi connectivity index (χ4n) is 2.57. The Hall–Kier alpha value is -1.07. The molecule has 1 aliphatic rings. The van der Waals surface area contributed by atoms with Crippen molar-refractivity contribution in [3.63, 3.8) is 0 Å². The quantitative estimate of drug-likeness (QED) is 0.813. The van der Waals surface area contributed by atoms with E-state index in [1.807, 2.05) is 22.9 Å². The SMILES string of the molecule is Clc1ccc(COC2CCCC(Cn3ccnc3)O2)c(Cl)c1. The topological polar surface area (TPSA) is 36.3 Å². The Morgan fingerprint density at radius 2 is 2.23 bits per heavy atom. The van der Waals surface area contributed by atoms with Crippen LogP contribution in [0.25, 0.3) is 0 Å². The zero-order valence-corrected chi connectivity index (χ0v) is 13.6. The summed E-state index contributed by atoms with van der Waals surface area (Å²) in [7, 11) is 0. The number of hydrogen-bond acceptors (Lipinski definition) is 3. The minimum Gasteiger partial charge on any atom is -0.348 e. The third kappa shape index (κ3) is 4.23. The Labute approximate surface area is 140 Å². The summed E-state index contributed by atoms with van der Waals surface area (Å²) in [5.74, 6) is 0. The lowest BCUT2D eigenvalue weighted by molar-refractivity contribution is -0.201. The molecular weight excluding hydrogens is 323 g/mol. The number of nitrogens with zero attached hydrogens (tertiary/aromatic N) is 2. The van der Waals surface area contributed by atoms with Crippen molar-refractivity contribution < 1.29 is 9.47 Å². The zero-order chi connectivity index (χ0) is 15.4. The molecule has 6 heteroatoms. The predicted octanol–water partition coefficient (Wildman–Crippen LogP) is 4.30. The van der Waals surface area contributed by atoms with Gasteiger partial charge in [0.05, 0.1) is 19.0 Å². The first kappa shape index (κ1) is 15.8. The summed E-state index contributed by atoms with van der Waals surface area (Å²) in [5.41, 5.74) is 0.923. The molecule has 0 saturated carbocycles. The van der Waals surface area contributed by atoms with Gasteiger partial charge in [0.1, 0.15) is 0 Å². The summed E-state index contributed by atoms with van der Waals surface area (Å²) in [4.78, 5) is 4.05. The average molecular weight is 341 g/mol. The molecule has 0 spiro atoms. The summed E-state index contributed by atoms with van der Waals surface area (Å²) in [5, 5.41) is 1.25. The molecule has 2 aromatic rings. The summed E-state index contributed by atoms with van der Waals surface area (Å²) < 4.78 is 13.9. The van der Waals surface area contributed by atoms with Crippen molar-refractivity contribution in [2.24, 2.45) is 0 Å². The van der Waals surface area contributed by atoms with Gasteiger partial charge in [-0.05, 0) is 37.0 Å². The lowest BCUT2D eigenvalue weighted by Gasteiger charge is -2.30. The molecule has 0 aliphatic carbocycles. The Bertz CT molecular complexity index is 604. The van der Waals surface area contributed by atoms with Crippen LogP contribution < -0.4 is 0 Å². The molecule has 1 aromatic carbocycles. The highest BCUT2D eigenvalue weighted by Gasteiger charge is 2.23. The number of benzene rings is 1. The second-order valence-electron chi connectivity index (χ2n) is 5.42. The third-order valence-corrected chi connectivity index (χ3v) is 4.31. The molecule has 0 radical (unpaired) electrons. The molecule has 2 unspecified atom stereocenters. The second kappa shape index (κ2) is 7.47. The van der Waals surface area contributed by atoms with Gasteiger partial charge in [-0.15, -0.1) is 0 Å². The highest BCUT2D eigenvalue weighted by Crippen LogP contribution is 2.25. The van der Waals surface area contributed by atoms with E-state index in [-0.39, 0.29) is 12.4 Å². The summed E-state index contributed by atoms with van der Waals surface area (Å²) in [6.07, 6.45) is 8.55. The Balaban J connectivity index is 1.52. The van der Waals surface area contributed by atoms with Gasteiger partial charge in [-0.25, -0.2) is 4.98 Å². The second-order valence-corrected chi connectivity index (χ2v) is 6.27. The van der Waals surface area contributed by atoms with E-state index in [4.69, 9.17) is 32.7 Å². The molecule has 2 atom stereocenters. The highest BCUT2D eigenvalue weighted by atomic mass is 35.5. The van der Waals surface area contributed by atoms with Crippen LogP contribution in [-0.2, 0) is 22.6 Å². The first-order chi connectivity index (χ1) is 10.7. The lowest BCUT2D eigenvalue weighted by Crippen LogP contribution is -2.32. The molecule has 118 valence electrons. The third-order valence-electron chi connectivity index (χ3n) is 3.72. The van der Waals surface area contributed by atoms with Crippen molar-refractivity contribution in [1.29, 1.82) is 0 Å². The van der Waals surface area contributed by atoms with E-state index in [9.17, 15) is 0 Å². The van der Waals surface area contributed by atoms with Gasteiger partial charge in [-0.2, -0.15) is 0 Å². The normalized spacial score (nSPS) is 21.9. The largest absolute Gasteiger partial charge is 0.348 e. The van der Waals surface area contributed by atoms with E-state index >= 15 is 0 Å². The summed E-state index contributed by atoms with van der Waals surface area (Å²) >= 11 is 12.1. The molecule has 0 amide bonds. The standard InChI is InChI=1S/C16H18Cl2N2O2/c17-13-5-4-12(15(18)8-13)10-21-16-3-1-2-14(22-16)9-20-7-6-19-11-20/h4-8,11,14,16H,1-3,9-10H2. The van der Waals surface area contributed by atoms with Crippen molar-refractivity contribution in [1.82, 2.24) is 9.55 Å². The first-order valence-corrected chi connectivity index (χ1v) is 8.13. The maximum Gasteiger partial charge on any atom is 0.158 e. The molecule has 3 rings (SSSR count). The summed E-state index contributed by atoms with van der Waals surface area (Å²) in [6.45, 7) is 1.24. The van der Waals surface area contributed by atoms with Gasteiger partial charge in [-0.1, -0.05) is 29.3 Å². The van der Waals surface area contributed by atoms with E-state index in [1.54, 1.807) is 18.6 Å². The van der Waals surface area contributed by atoms with Gasteiger partial charge >= 0.3 is 0 Å². The van der Waals surface area contributed by atoms with Gasteiger partial charge < -0.3 is 14.0 Å². The number of imidazole rings is 1. The van der Waals surface area contributed by atoms with E-state index in [1.165, 1.54) is 0 Å². The van der Waals surface area contributed by atoms with Crippen LogP contribution in [0.1, 0.15) is 24.8 Å². The van der Waals surface area contributed by atoms with Gasteiger partial charge in [0, 0.05) is 29.0 Å². The van der Waals surface area contributed by atoms with Gasteiger partial charge in [0.2, 0.25) is 0 Å². The van der Waals surface area contributed by atoms with Crippen LogP contribution in [0.2, 0.25) is 10.0 Å². The van der Waals surface area contributed by atoms with Crippen LogP contribution in [-0.4, -0.2) is 21.9 Å². The van der Waals surface area contributed by atoms with Gasteiger partial charge in [0.15, 0.2) is 6.29 Å². The van der Waals surface area contributed by atoms with E-state index in [2.05, 4.69) is 4.98 Å². The maximum atomic E-state index is 6.16. The zero-order valence-electron chi connectivity index (χ0n) is 12.1. The summed E-state index contributed by atoms with van der Waals surface area (Å²) in [6, 6.07) is 5.43. The highest BCUT2D eigenvalue weighted by molar-refractivity contribution is 6.35. The van der Waals surface area contributed by atoms with Crippen molar-refractivity contribution in [3.05, 3.63) is 52.5 Å². The molecule has 0 bridgehead atoms. The molecule has 0 N–H and O–H groups in total. The molecule has 1 fully saturated rings. The smallest absolute Gasteiger partial charge is 0.158 e. The van der Waals surface area contributed by atoms with E-state index in [0.29, 0.717) is 16.7 Å². The van der Waals surface area contributed by atoms with Gasteiger partial charge in [-0.3, -0.25) is 0 Å². The number of hydrogen-bond donors (Lipinski definition) is 0. The van der Waals surface area contributed by atoms with E-state index in [0.717, 1.165) is 31.4 Å². The van der Waals surface area contributed by atoms with Crippen molar-refractivity contribution >= 4 is 23.2 Å². The van der Waals surface area contributed by atoms with Crippen molar-refractivity contribution in [2.45, 2.75) is 44.8 Å². The van der Waals surface area contributed by atoms with Crippen molar-refractivity contribution in [2.75, 3.05) is 0 Å². The van der Waals surface area contributed by atoms with Crippen LogP contribution in [0.4, 0.5) is 0 Å². The Kier molecular flexibility index (Phi) is 5.37. The first-order valence-electron chi connectivity index (χ1n) is 7.37. The molecule has 1 aromatic heterocycles. The van der Waals surface area contributed by atoms with Gasteiger partial charge in [0.25, 0.3) is 0 Å². The fraction of sp³-hybridized carbons (Fsp3) is 0.438. The molecule has 1 saturated heterocycles. The minimum absolute atomic E-state index is 0.161. The number of ether oxygens (including phenoxy) is 2. The molecule has 2 heterocycles. The van der Waals surface area contributed by atoms with Crippen LogP contribution in [0, 0.1) is 0 Å². The molecular formula is C16H18Cl2N2O2. The van der Waals surface area contributed by atoms with Crippen LogP contribution in [0.5, 0.6) is 0 Å².